The number of nitrogen functional groups attached to an aromatic ring is 1. The molecule has 0 bridgehead atoms. The molecule has 0 saturated heterocycles. The molecule has 5 nitrogen and oxygen atoms in total. The number of aromatic nitrogens is 2. The summed E-state index contributed by atoms with van der Waals surface area (Å²) in [7, 11) is 0. The van der Waals surface area contributed by atoms with Crippen LogP contribution < -0.4 is 16.6 Å². The lowest BCUT2D eigenvalue weighted by Crippen LogP contribution is -2.11. The van der Waals surface area contributed by atoms with Gasteiger partial charge in [-0.2, -0.15) is 4.98 Å². The van der Waals surface area contributed by atoms with E-state index in [0.29, 0.717) is 11.5 Å². The van der Waals surface area contributed by atoms with Crippen LogP contribution in [0.1, 0.15) is 5.56 Å². The number of nitrogens with one attached hydrogen (secondary N) is 2. The number of hydrogen-bond acceptors (Lipinski definition) is 5. The monoisotopic (exact) mass is 301 g/mol. The minimum absolute atomic E-state index is 0.0705. The lowest BCUT2D eigenvalue weighted by molar-refractivity contribution is 0.629. The Bertz CT molecular complexity index is 597. The topological polar surface area (TPSA) is 75.9 Å². The number of hydrogen-bond donors (Lipinski definition) is 3. The molecule has 0 aliphatic rings. The summed E-state index contributed by atoms with van der Waals surface area (Å²) < 4.78 is 13.3. The van der Waals surface area contributed by atoms with Crippen LogP contribution in [0.5, 0.6) is 0 Å². The number of nitrogens with zero attached hydrogens (tertiary/aromatic N) is 2. The maximum Gasteiger partial charge on any atom is 0.239 e. The van der Waals surface area contributed by atoms with Crippen molar-refractivity contribution < 1.29 is 4.39 Å². The van der Waals surface area contributed by atoms with E-state index in [0.717, 1.165) is 5.56 Å². The van der Waals surface area contributed by atoms with E-state index in [1.54, 1.807) is 6.20 Å². The molecule has 1 aromatic carbocycles. The molecule has 0 spiro atoms. The zero-order chi connectivity index (χ0) is 14.0. The highest BCUT2D eigenvalue weighted by Gasteiger charge is 2.09. The van der Waals surface area contributed by atoms with Crippen LogP contribution in [0.3, 0.4) is 0 Å². The number of aryl methyl sites for hydroxylation is 1. The van der Waals surface area contributed by atoms with Crippen molar-refractivity contribution in [3.8, 4) is 0 Å². The van der Waals surface area contributed by atoms with Gasteiger partial charge in [0.2, 0.25) is 5.95 Å². The summed E-state index contributed by atoms with van der Waals surface area (Å²) in [6.45, 7) is 1.81. The van der Waals surface area contributed by atoms with Crippen molar-refractivity contribution in [1.29, 1.82) is 0 Å². The third-order valence-corrected chi connectivity index (χ3v) is 2.90. The van der Waals surface area contributed by atoms with Crippen LogP contribution in [-0.2, 0) is 0 Å². The van der Waals surface area contributed by atoms with Gasteiger partial charge in [0.25, 0.3) is 0 Å². The van der Waals surface area contributed by atoms with Crippen molar-refractivity contribution >= 4 is 40.7 Å². The normalized spacial score (nSPS) is 10.4. The second-order valence-electron chi connectivity index (χ2n) is 3.75. The van der Waals surface area contributed by atoms with Gasteiger partial charge in [0.05, 0.1) is 10.0 Å². The van der Waals surface area contributed by atoms with E-state index in [-0.39, 0.29) is 16.0 Å². The maximum atomic E-state index is 13.3. The van der Waals surface area contributed by atoms with Crippen molar-refractivity contribution in [1.82, 2.24) is 9.97 Å². The summed E-state index contributed by atoms with van der Waals surface area (Å²) in [5, 5.41) is 2.83. The molecule has 4 N–H and O–H groups in total. The zero-order valence-corrected chi connectivity index (χ0v) is 11.3. The second-order valence-corrected chi connectivity index (χ2v) is 4.56. The SMILES string of the molecule is Cc1cnc(NN)nc1Nc1cc(Cl)c(F)c(Cl)c1. The first-order valence-electron chi connectivity index (χ1n) is 5.23. The van der Waals surface area contributed by atoms with E-state index in [1.165, 1.54) is 12.1 Å². The smallest absolute Gasteiger partial charge is 0.239 e. The standard InChI is InChI=1S/C11H10Cl2FN5/c1-5-4-16-11(19-15)18-10(5)17-6-2-7(12)9(14)8(13)3-6/h2-4H,15H2,1H3,(H2,16,17,18,19). The van der Waals surface area contributed by atoms with Gasteiger partial charge in [0, 0.05) is 17.4 Å². The van der Waals surface area contributed by atoms with Crippen molar-refractivity contribution in [2.75, 3.05) is 10.7 Å². The van der Waals surface area contributed by atoms with Gasteiger partial charge in [-0.1, -0.05) is 23.2 Å². The van der Waals surface area contributed by atoms with E-state index >= 15 is 0 Å². The maximum absolute atomic E-state index is 13.3. The third-order valence-electron chi connectivity index (χ3n) is 2.35. The largest absolute Gasteiger partial charge is 0.340 e. The van der Waals surface area contributed by atoms with Gasteiger partial charge in [-0.25, -0.2) is 15.2 Å². The van der Waals surface area contributed by atoms with Gasteiger partial charge in [-0.05, 0) is 19.1 Å². The Morgan fingerprint density at radius 3 is 2.47 bits per heavy atom. The Morgan fingerprint density at radius 2 is 1.89 bits per heavy atom. The van der Waals surface area contributed by atoms with E-state index in [1.807, 2.05) is 6.92 Å². The van der Waals surface area contributed by atoms with Gasteiger partial charge in [-0.3, -0.25) is 5.43 Å². The van der Waals surface area contributed by atoms with Crippen LogP contribution in [0.25, 0.3) is 0 Å². The number of benzene rings is 1. The molecular weight excluding hydrogens is 292 g/mol. The summed E-state index contributed by atoms with van der Waals surface area (Å²) in [4.78, 5) is 8.08. The Labute approximate surface area is 118 Å². The second kappa shape index (κ2) is 5.56. The molecule has 2 aromatic rings. The Morgan fingerprint density at radius 1 is 1.26 bits per heavy atom. The van der Waals surface area contributed by atoms with E-state index < -0.39 is 5.82 Å². The molecule has 1 heterocycles. The van der Waals surface area contributed by atoms with Crippen molar-refractivity contribution in [2.24, 2.45) is 5.84 Å². The average Bonchev–Trinajstić information content (AvgIpc) is 2.38. The molecular formula is C11H10Cl2FN5. The fourth-order valence-electron chi connectivity index (χ4n) is 1.40. The Balaban J connectivity index is 2.36. The number of halogens is 3. The number of rotatable bonds is 3. The van der Waals surface area contributed by atoms with Crippen LogP contribution in [-0.4, -0.2) is 9.97 Å². The molecule has 1 aromatic heterocycles. The van der Waals surface area contributed by atoms with E-state index in [9.17, 15) is 4.39 Å². The predicted molar refractivity (Wildman–Crippen MR) is 74.3 cm³/mol. The lowest BCUT2D eigenvalue weighted by atomic mass is 10.3. The molecule has 2 rings (SSSR count). The van der Waals surface area contributed by atoms with Crippen molar-refractivity contribution in [2.45, 2.75) is 6.92 Å². The number of anilines is 3. The molecule has 0 fully saturated rings. The molecule has 0 saturated carbocycles. The van der Waals surface area contributed by atoms with Crippen molar-refractivity contribution in [3.63, 3.8) is 0 Å². The van der Waals surface area contributed by atoms with Crippen LogP contribution in [0.4, 0.5) is 21.8 Å². The molecule has 0 amide bonds. The quantitative estimate of drug-likeness (QED) is 0.461. The number of hydrazine groups is 1. The molecule has 19 heavy (non-hydrogen) atoms. The molecule has 100 valence electrons. The average molecular weight is 302 g/mol. The summed E-state index contributed by atoms with van der Waals surface area (Å²) in [6, 6.07) is 2.83. The first-order chi connectivity index (χ1) is 9.01. The van der Waals surface area contributed by atoms with E-state index in [4.69, 9.17) is 29.0 Å². The van der Waals surface area contributed by atoms with Crippen molar-refractivity contribution in [3.05, 3.63) is 39.8 Å². The first-order valence-corrected chi connectivity index (χ1v) is 5.98. The highest BCUT2D eigenvalue weighted by atomic mass is 35.5. The molecule has 0 unspecified atom stereocenters. The summed E-state index contributed by atoms with van der Waals surface area (Å²) in [5.74, 6) is 5.35. The Kier molecular flexibility index (Phi) is 4.04. The summed E-state index contributed by atoms with van der Waals surface area (Å²) >= 11 is 11.4. The lowest BCUT2D eigenvalue weighted by Gasteiger charge is -2.10. The third kappa shape index (κ3) is 3.04. The predicted octanol–water partition coefficient (Wildman–Crippen LogP) is 3.26. The minimum atomic E-state index is -0.655. The summed E-state index contributed by atoms with van der Waals surface area (Å²) in [6.07, 6.45) is 1.59. The summed E-state index contributed by atoms with van der Waals surface area (Å²) in [5.41, 5.74) is 3.64. The van der Waals surface area contributed by atoms with Gasteiger partial charge < -0.3 is 5.32 Å². The van der Waals surface area contributed by atoms with Crippen LogP contribution in [0, 0.1) is 12.7 Å². The zero-order valence-electron chi connectivity index (χ0n) is 9.84. The van der Waals surface area contributed by atoms with Gasteiger partial charge >= 0.3 is 0 Å². The van der Waals surface area contributed by atoms with E-state index in [2.05, 4.69) is 20.7 Å². The highest BCUT2D eigenvalue weighted by Crippen LogP contribution is 2.29. The fourth-order valence-corrected chi connectivity index (χ4v) is 1.89. The molecule has 0 atom stereocenters. The van der Waals surface area contributed by atoms with Gasteiger partial charge in [0.1, 0.15) is 5.82 Å². The molecule has 0 aliphatic heterocycles. The van der Waals surface area contributed by atoms with Crippen LogP contribution in [0.15, 0.2) is 18.3 Å². The number of nitrogens with two attached hydrogens (primary N) is 1. The Hall–Kier alpha value is -1.63. The fraction of sp³-hybridized carbons (Fsp3) is 0.0909. The first kappa shape index (κ1) is 13.8. The van der Waals surface area contributed by atoms with Crippen LogP contribution >= 0.6 is 23.2 Å². The molecule has 8 heteroatoms. The highest BCUT2D eigenvalue weighted by molar-refractivity contribution is 6.35. The van der Waals surface area contributed by atoms with Gasteiger partial charge in [0.15, 0.2) is 5.82 Å². The van der Waals surface area contributed by atoms with Crippen LogP contribution in [0.2, 0.25) is 10.0 Å². The molecule has 0 radical (unpaired) electrons. The minimum Gasteiger partial charge on any atom is -0.340 e. The molecule has 0 aliphatic carbocycles. The van der Waals surface area contributed by atoms with Gasteiger partial charge in [-0.15, -0.1) is 0 Å².